The van der Waals surface area contributed by atoms with Crippen LogP contribution in [0.5, 0.6) is 0 Å². The van der Waals surface area contributed by atoms with E-state index in [2.05, 4.69) is 20.8 Å². The van der Waals surface area contributed by atoms with Gasteiger partial charge in [-0.1, -0.05) is 20.8 Å². The summed E-state index contributed by atoms with van der Waals surface area (Å²) < 4.78 is 37.2. The maximum absolute atomic E-state index is 13.3. The molecular weight excluding hydrogens is 653 g/mol. The van der Waals surface area contributed by atoms with Gasteiger partial charge in [0.2, 0.25) is 0 Å². The van der Waals surface area contributed by atoms with Crippen LogP contribution in [0.25, 0.3) is 0 Å². The topological polar surface area (TPSA) is 135 Å². The summed E-state index contributed by atoms with van der Waals surface area (Å²) in [6.45, 7) is 7.21. The molecule has 2 N–H and O–H groups in total. The second-order valence-electron chi connectivity index (χ2n) is 19.6. The Balaban J connectivity index is 0.908. The molecule has 9 heteroatoms. The van der Waals surface area contributed by atoms with Crippen LogP contribution in [0, 0.1) is 70.0 Å². The zero-order valence-electron chi connectivity index (χ0n) is 31.0. The van der Waals surface area contributed by atoms with Crippen molar-refractivity contribution < 1.29 is 37.2 Å². The Morgan fingerprint density at radius 3 is 2.12 bits per heavy atom. The lowest BCUT2D eigenvalue weighted by Gasteiger charge is -2.62. The lowest BCUT2D eigenvalue weighted by Crippen LogP contribution is -2.58. The molecule has 8 fully saturated rings. The van der Waals surface area contributed by atoms with E-state index in [9.17, 15) is 27.9 Å². The van der Waals surface area contributed by atoms with Crippen molar-refractivity contribution in [1.82, 2.24) is 0 Å². The standard InChI is InChI=1S/C41H64O8S/c1-25(6-7-31(42)5-4-14-50(46,47)48)33-8-9-34-38-35(11-13-40(33,34)3)39(2)12-10-26(18-30(39)20-36(38)44)19-32(43)21-37(45)49-41-22-27-15-28(23-41)17-29(16-27)24-41/h25-30,33-36,38,44H,4-24H2,1-3H3,(H,46,47,48)/t25-,26+,27?,28?,29?,30?,33+,34-,35-,36-,38-,39-,40+,41?/m0/s1. The second-order valence-corrected chi connectivity index (χ2v) is 21.2. The monoisotopic (exact) mass is 716 g/mol. The van der Waals surface area contributed by atoms with E-state index in [-0.39, 0.29) is 71.0 Å². The third-order valence-corrected chi connectivity index (χ3v) is 17.3. The Morgan fingerprint density at radius 1 is 0.820 bits per heavy atom. The van der Waals surface area contributed by atoms with Crippen LogP contribution in [-0.2, 0) is 29.2 Å². The van der Waals surface area contributed by atoms with Crippen LogP contribution in [0.4, 0.5) is 0 Å². The number of aliphatic hydroxyl groups excluding tert-OH is 1. The molecule has 0 saturated heterocycles. The Bertz CT molecular complexity index is 1390. The van der Waals surface area contributed by atoms with Crippen molar-refractivity contribution in [3.8, 4) is 0 Å². The molecule has 8 aliphatic rings. The number of carbonyl (C=O) groups is 3. The van der Waals surface area contributed by atoms with Gasteiger partial charge < -0.3 is 9.84 Å². The summed E-state index contributed by atoms with van der Waals surface area (Å²) in [5, 5.41) is 11.9. The van der Waals surface area contributed by atoms with Gasteiger partial charge in [0.05, 0.1) is 11.9 Å². The lowest BCUT2D eigenvalue weighted by atomic mass is 9.43. The summed E-state index contributed by atoms with van der Waals surface area (Å²) in [5.41, 5.74) is 0.0173. The highest BCUT2D eigenvalue weighted by atomic mass is 32.2. The highest BCUT2D eigenvalue weighted by Crippen LogP contribution is 2.69. The number of Topliss-reactive ketones (excluding diaryl/α,β-unsaturated/α-hetero) is 2. The van der Waals surface area contributed by atoms with Gasteiger partial charge in [0.25, 0.3) is 10.1 Å². The molecule has 0 radical (unpaired) electrons. The Kier molecular flexibility index (Phi) is 10.2. The molecule has 0 heterocycles. The smallest absolute Gasteiger partial charge is 0.313 e. The number of hydrogen-bond donors (Lipinski definition) is 2. The van der Waals surface area contributed by atoms with Gasteiger partial charge in [-0.25, -0.2) is 0 Å². The van der Waals surface area contributed by atoms with Crippen LogP contribution < -0.4 is 0 Å². The number of esters is 1. The molecule has 0 aromatic heterocycles. The Hall–Kier alpha value is -1.32. The van der Waals surface area contributed by atoms with Crippen LogP contribution >= 0.6 is 0 Å². The SMILES string of the molecule is C[C@@H](CCC(=O)CCCS(=O)(=O)O)[C@H]1CC[C@H]2[C@@H]3[C@@H](O)CC4C[C@H](CC(=O)CC(=O)OC56CC7CC(CC(C7)C5)C6)CC[C@]4(C)[C@H]3CC[C@]12C. The van der Waals surface area contributed by atoms with Crippen molar-refractivity contribution in [2.24, 2.45) is 70.0 Å². The average Bonchev–Trinajstić information content (AvgIpc) is 3.36. The van der Waals surface area contributed by atoms with E-state index in [4.69, 9.17) is 9.29 Å². The van der Waals surface area contributed by atoms with Gasteiger partial charge in [-0.05, 0) is 173 Å². The highest BCUT2D eigenvalue weighted by Gasteiger charge is 2.63. The minimum Gasteiger partial charge on any atom is -0.459 e. The molecule has 4 bridgehead atoms. The molecule has 282 valence electrons. The first-order chi connectivity index (χ1) is 23.6. The molecule has 8 aliphatic carbocycles. The Labute approximate surface area is 300 Å². The van der Waals surface area contributed by atoms with Crippen LogP contribution in [-0.4, -0.2) is 53.1 Å². The van der Waals surface area contributed by atoms with Crippen LogP contribution in [0.1, 0.15) is 149 Å². The highest BCUT2D eigenvalue weighted by molar-refractivity contribution is 7.85. The number of rotatable bonds is 13. The fourth-order valence-electron chi connectivity index (χ4n) is 14.6. The summed E-state index contributed by atoms with van der Waals surface area (Å²) >= 11 is 0. The maximum atomic E-state index is 13.3. The quantitative estimate of drug-likeness (QED) is 0.112. The van der Waals surface area contributed by atoms with Gasteiger partial charge in [0.1, 0.15) is 23.6 Å². The minimum absolute atomic E-state index is 0.0296. The number of hydrogen-bond acceptors (Lipinski definition) is 7. The molecular formula is C41H64O8S. The van der Waals surface area contributed by atoms with Crippen LogP contribution in [0.15, 0.2) is 0 Å². The first-order valence-electron chi connectivity index (χ1n) is 20.4. The number of ether oxygens (including phenoxy) is 1. The van der Waals surface area contributed by atoms with E-state index in [1.807, 2.05) is 0 Å². The minimum atomic E-state index is -4.03. The second kappa shape index (κ2) is 13.8. The van der Waals surface area contributed by atoms with E-state index >= 15 is 0 Å². The molecule has 8 nitrogen and oxygen atoms in total. The van der Waals surface area contributed by atoms with Crippen molar-refractivity contribution >= 4 is 27.7 Å². The van der Waals surface area contributed by atoms with Gasteiger partial charge in [0.15, 0.2) is 0 Å². The fourth-order valence-corrected chi connectivity index (χ4v) is 15.1. The van der Waals surface area contributed by atoms with Gasteiger partial charge in [-0.2, -0.15) is 8.42 Å². The molecule has 0 aromatic rings. The fraction of sp³-hybridized carbons (Fsp3) is 0.927. The summed E-state index contributed by atoms with van der Waals surface area (Å²) in [5.74, 6) is 4.37. The third-order valence-electron chi connectivity index (χ3n) is 16.5. The summed E-state index contributed by atoms with van der Waals surface area (Å²) in [4.78, 5) is 38.8. The van der Waals surface area contributed by atoms with Crippen molar-refractivity contribution in [2.75, 3.05) is 5.75 Å². The number of fused-ring (bicyclic) bond motifs is 5. The van der Waals surface area contributed by atoms with Gasteiger partial charge in [0, 0.05) is 19.3 Å². The van der Waals surface area contributed by atoms with Gasteiger partial charge in [-0.15, -0.1) is 0 Å². The van der Waals surface area contributed by atoms with Crippen LogP contribution in [0.3, 0.4) is 0 Å². The van der Waals surface area contributed by atoms with Gasteiger partial charge in [-0.3, -0.25) is 18.9 Å². The average molecular weight is 717 g/mol. The van der Waals surface area contributed by atoms with Crippen LogP contribution in [0.2, 0.25) is 0 Å². The molecule has 0 aliphatic heterocycles. The van der Waals surface area contributed by atoms with E-state index in [1.54, 1.807) is 0 Å². The van der Waals surface area contributed by atoms with Crippen molar-refractivity contribution in [3.05, 3.63) is 0 Å². The molecule has 0 aromatic carbocycles. The molecule has 1 unspecified atom stereocenters. The summed E-state index contributed by atoms with van der Waals surface area (Å²) in [7, 11) is -4.03. The van der Waals surface area contributed by atoms with E-state index in [1.165, 1.54) is 19.3 Å². The number of ketones is 2. The number of aliphatic hydroxyl groups is 1. The van der Waals surface area contributed by atoms with E-state index in [0.717, 1.165) is 77.0 Å². The summed E-state index contributed by atoms with van der Waals surface area (Å²) in [6, 6.07) is 0. The zero-order valence-corrected chi connectivity index (χ0v) is 31.8. The number of carbonyl (C=O) groups excluding carboxylic acids is 3. The van der Waals surface area contributed by atoms with Gasteiger partial charge >= 0.3 is 5.97 Å². The molecule has 8 rings (SSSR count). The van der Waals surface area contributed by atoms with Crippen molar-refractivity contribution in [2.45, 2.75) is 161 Å². The van der Waals surface area contributed by atoms with Crippen molar-refractivity contribution in [1.29, 1.82) is 0 Å². The lowest BCUT2D eigenvalue weighted by molar-refractivity contribution is -0.186. The van der Waals surface area contributed by atoms with E-state index < -0.39 is 10.1 Å². The third kappa shape index (κ3) is 7.28. The Morgan fingerprint density at radius 2 is 1.46 bits per heavy atom. The first kappa shape index (κ1) is 37.0. The van der Waals surface area contributed by atoms with E-state index in [0.29, 0.717) is 66.1 Å². The predicted octanol–water partition coefficient (Wildman–Crippen LogP) is 7.75. The first-order valence-corrected chi connectivity index (χ1v) is 22.1. The maximum Gasteiger partial charge on any atom is 0.313 e. The normalized spacial score (nSPS) is 45.3. The zero-order chi connectivity index (χ0) is 35.6. The molecule has 10 atom stereocenters. The molecule has 0 amide bonds. The summed E-state index contributed by atoms with van der Waals surface area (Å²) in [6.07, 6.45) is 16.9. The largest absolute Gasteiger partial charge is 0.459 e. The molecule has 50 heavy (non-hydrogen) atoms. The predicted molar refractivity (Wildman–Crippen MR) is 190 cm³/mol. The molecule has 8 saturated carbocycles. The van der Waals surface area contributed by atoms with Crippen molar-refractivity contribution in [3.63, 3.8) is 0 Å². The molecule has 0 spiro atoms.